The second-order valence-electron chi connectivity index (χ2n) is 4.97. The lowest BCUT2D eigenvalue weighted by molar-refractivity contribution is 0.0781. The van der Waals surface area contributed by atoms with Crippen LogP contribution in [0.4, 0.5) is 0 Å². The van der Waals surface area contributed by atoms with Crippen LogP contribution in [0.1, 0.15) is 21.1 Å². The number of nitrogens with zero attached hydrogens (tertiary/aromatic N) is 3. The van der Waals surface area contributed by atoms with Gasteiger partial charge in [-0.15, -0.1) is 11.3 Å². The monoisotopic (exact) mass is 314 g/mol. The zero-order valence-electron chi connectivity index (χ0n) is 12.2. The third kappa shape index (κ3) is 2.50. The fraction of sp³-hybridized carbons (Fsp3) is 0.200. The average molecular weight is 314 g/mol. The molecular formula is C15H14N4O2S. The first-order chi connectivity index (χ1) is 10.6. The molecule has 0 atom stereocenters. The minimum atomic E-state index is -0.298. The molecule has 6 nitrogen and oxygen atoms in total. The van der Waals surface area contributed by atoms with Gasteiger partial charge in [-0.1, -0.05) is 18.2 Å². The summed E-state index contributed by atoms with van der Waals surface area (Å²) in [5.41, 5.74) is 2.63. The Morgan fingerprint density at radius 3 is 2.73 bits per heavy atom. The molecule has 1 N–H and O–H groups in total. The van der Waals surface area contributed by atoms with Crippen LogP contribution >= 0.6 is 11.3 Å². The molecule has 3 aromatic rings. The molecule has 0 unspecified atom stereocenters. The highest BCUT2D eigenvalue weighted by atomic mass is 32.1. The van der Waals surface area contributed by atoms with Crippen molar-refractivity contribution in [2.24, 2.45) is 0 Å². The molecule has 0 radical (unpaired) electrons. The van der Waals surface area contributed by atoms with E-state index >= 15 is 0 Å². The van der Waals surface area contributed by atoms with Crippen molar-refractivity contribution >= 4 is 28.0 Å². The van der Waals surface area contributed by atoms with Gasteiger partial charge in [-0.3, -0.25) is 9.59 Å². The molecule has 3 rings (SSSR count). The van der Waals surface area contributed by atoms with E-state index in [1.54, 1.807) is 41.7 Å². The smallest absolute Gasteiger partial charge is 0.275 e. The molecule has 0 saturated carbocycles. The van der Waals surface area contributed by atoms with Crippen molar-refractivity contribution in [3.05, 3.63) is 56.4 Å². The molecule has 0 aliphatic carbocycles. The lowest BCUT2D eigenvalue weighted by Gasteiger charge is -2.16. The number of hydrogen-bond donors (Lipinski definition) is 1. The van der Waals surface area contributed by atoms with Crippen LogP contribution in [0, 0.1) is 6.92 Å². The summed E-state index contributed by atoms with van der Waals surface area (Å²) in [6, 6.07) is 6.96. The van der Waals surface area contributed by atoms with Gasteiger partial charge in [-0.05, 0) is 13.0 Å². The molecule has 0 aliphatic heterocycles. The second kappa shape index (κ2) is 5.69. The Morgan fingerprint density at radius 2 is 2.05 bits per heavy atom. The number of carbonyl (C=O) groups excluding carboxylic acids is 1. The number of thiazole rings is 1. The van der Waals surface area contributed by atoms with Crippen LogP contribution in [-0.4, -0.2) is 33.0 Å². The molecule has 0 saturated heterocycles. The number of aryl methyl sites for hydroxylation is 1. The molecule has 0 bridgehead atoms. The predicted molar refractivity (Wildman–Crippen MR) is 85.0 cm³/mol. The minimum Gasteiger partial charge on any atom is -0.335 e. The van der Waals surface area contributed by atoms with E-state index < -0.39 is 0 Å². The Labute approximate surface area is 130 Å². The van der Waals surface area contributed by atoms with E-state index in [4.69, 9.17) is 0 Å². The number of H-pyrrole nitrogens is 1. The molecule has 7 heteroatoms. The highest BCUT2D eigenvalue weighted by molar-refractivity contribution is 7.09. The molecule has 2 heterocycles. The number of nitrogens with one attached hydrogen (secondary N) is 1. The van der Waals surface area contributed by atoms with Crippen molar-refractivity contribution in [1.82, 2.24) is 20.1 Å². The van der Waals surface area contributed by atoms with Gasteiger partial charge < -0.3 is 4.90 Å². The highest BCUT2D eigenvalue weighted by Gasteiger charge is 2.19. The van der Waals surface area contributed by atoms with Crippen molar-refractivity contribution in [3.8, 4) is 0 Å². The molecule has 1 aromatic carbocycles. The number of aromatic nitrogens is 3. The molecule has 0 spiro atoms. The van der Waals surface area contributed by atoms with Crippen LogP contribution in [0.3, 0.4) is 0 Å². The lowest BCUT2D eigenvalue weighted by atomic mass is 10.1. The molecular weight excluding hydrogens is 300 g/mol. The third-order valence-electron chi connectivity index (χ3n) is 3.47. The van der Waals surface area contributed by atoms with E-state index in [1.165, 1.54) is 11.3 Å². The summed E-state index contributed by atoms with van der Waals surface area (Å²) in [4.78, 5) is 31.2. The summed E-state index contributed by atoms with van der Waals surface area (Å²) in [5.74, 6) is -0.236. The van der Waals surface area contributed by atoms with Gasteiger partial charge in [0.1, 0.15) is 0 Å². The number of fused-ring (bicyclic) bond motifs is 1. The minimum absolute atomic E-state index is 0.236. The van der Waals surface area contributed by atoms with Gasteiger partial charge >= 0.3 is 0 Å². The van der Waals surface area contributed by atoms with E-state index in [2.05, 4.69) is 15.2 Å². The van der Waals surface area contributed by atoms with E-state index in [9.17, 15) is 9.59 Å². The first-order valence-corrected chi connectivity index (χ1v) is 7.57. The van der Waals surface area contributed by atoms with Crippen molar-refractivity contribution in [3.63, 3.8) is 0 Å². The molecule has 2 aromatic heterocycles. The fourth-order valence-electron chi connectivity index (χ4n) is 2.22. The Kier molecular flexibility index (Phi) is 3.72. The summed E-state index contributed by atoms with van der Waals surface area (Å²) < 4.78 is 0. The number of amides is 1. The Morgan fingerprint density at radius 1 is 1.32 bits per heavy atom. The normalized spacial score (nSPS) is 10.8. The lowest BCUT2D eigenvalue weighted by Crippen LogP contribution is -2.28. The molecule has 0 aliphatic rings. The zero-order valence-corrected chi connectivity index (χ0v) is 13.0. The maximum Gasteiger partial charge on any atom is 0.275 e. The number of rotatable bonds is 3. The average Bonchev–Trinajstić information content (AvgIpc) is 2.92. The predicted octanol–water partition coefficient (Wildman–Crippen LogP) is 1.96. The van der Waals surface area contributed by atoms with Crippen molar-refractivity contribution in [2.45, 2.75) is 13.5 Å². The molecule has 22 heavy (non-hydrogen) atoms. The van der Waals surface area contributed by atoms with Crippen molar-refractivity contribution in [1.29, 1.82) is 0 Å². The quantitative estimate of drug-likeness (QED) is 0.801. The SMILES string of the molecule is Cc1ncsc1CN(C)C(=O)c1n[nH]c(=O)c2ccccc12. The maximum absolute atomic E-state index is 12.6. The van der Waals surface area contributed by atoms with Crippen molar-refractivity contribution < 1.29 is 4.79 Å². The van der Waals surface area contributed by atoms with Gasteiger partial charge in [0.05, 0.1) is 23.1 Å². The largest absolute Gasteiger partial charge is 0.335 e. The van der Waals surface area contributed by atoms with Crippen molar-refractivity contribution in [2.75, 3.05) is 7.05 Å². The fourth-order valence-corrected chi connectivity index (χ4v) is 3.05. The summed E-state index contributed by atoms with van der Waals surface area (Å²) in [6.45, 7) is 2.38. The first kappa shape index (κ1) is 14.4. The Bertz CT molecular complexity index is 900. The van der Waals surface area contributed by atoms with E-state index in [-0.39, 0.29) is 17.2 Å². The number of hydrogen-bond acceptors (Lipinski definition) is 5. The van der Waals surface area contributed by atoms with Crippen LogP contribution in [0.2, 0.25) is 0 Å². The van der Waals surface area contributed by atoms with E-state index in [0.29, 0.717) is 17.3 Å². The van der Waals surface area contributed by atoms with Crippen LogP contribution in [0.15, 0.2) is 34.6 Å². The molecule has 0 fully saturated rings. The highest BCUT2D eigenvalue weighted by Crippen LogP contribution is 2.18. The first-order valence-electron chi connectivity index (χ1n) is 6.70. The summed E-state index contributed by atoms with van der Waals surface area (Å²) in [7, 11) is 1.71. The van der Waals surface area contributed by atoms with Gasteiger partial charge in [0, 0.05) is 17.3 Å². The zero-order chi connectivity index (χ0) is 15.7. The molecule has 112 valence electrons. The summed E-state index contributed by atoms with van der Waals surface area (Å²) in [5, 5.41) is 7.34. The van der Waals surface area contributed by atoms with Gasteiger partial charge in [0.15, 0.2) is 5.69 Å². The number of aromatic amines is 1. The van der Waals surface area contributed by atoms with Gasteiger partial charge in [0.2, 0.25) is 0 Å². The maximum atomic E-state index is 12.6. The second-order valence-corrected chi connectivity index (χ2v) is 5.91. The summed E-state index contributed by atoms with van der Waals surface area (Å²) in [6.07, 6.45) is 0. The number of carbonyl (C=O) groups is 1. The third-order valence-corrected chi connectivity index (χ3v) is 4.39. The van der Waals surface area contributed by atoms with Gasteiger partial charge in [0.25, 0.3) is 11.5 Å². The Balaban J connectivity index is 1.97. The summed E-state index contributed by atoms with van der Waals surface area (Å²) >= 11 is 1.51. The van der Waals surface area contributed by atoms with E-state index in [1.807, 2.05) is 6.92 Å². The van der Waals surface area contributed by atoms with E-state index in [0.717, 1.165) is 10.6 Å². The number of benzene rings is 1. The van der Waals surface area contributed by atoms with Crippen LogP contribution in [0.5, 0.6) is 0 Å². The standard InChI is InChI=1S/C15H14N4O2S/c1-9-12(22-8-16-9)7-19(2)15(21)13-10-5-3-4-6-11(10)14(20)18-17-13/h3-6,8H,7H2,1-2H3,(H,18,20). The van der Waals surface area contributed by atoms with Gasteiger partial charge in [-0.25, -0.2) is 10.1 Å². The van der Waals surface area contributed by atoms with Crippen LogP contribution in [-0.2, 0) is 6.54 Å². The van der Waals surface area contributed by atoms with Gasteiger partial charge in [-0.2, -0.15) is 5.10 Å². The molecule has 1 amide bonds. The Hall–Kier alpha value is -2.54. The van der Waals surface area contributed by atoms with Crippen LogP contribution < -0.4 is 5.56 Å². The van der Waals surface area contributed by atoms with Crippen LogP contribution in [0.25, 0.3) is 10.8 Å². The topological polar surface area (TPSA) is 79.0 Å².